The summed E-state index contributed by atoms with van der Waals surface area (Å²) < 4.78 is 1.75. The second-order valence-electron chi connectivity index (χ2n) is 4.02. The van der Waals surface area contributed by atoms with Gasteiger partial charge in [0.2, 0.25) is 5.95 Å². The van der Waals surface area contributed by atoms with Crippen molar-refractivity contribution in [3.8, 4) is 5.95 Å². The number of aromatic carboxylic acids is 1. The molecule has 0 fully saturated rings. The summed E-state index contributed by atoms with van der Waals surface area (Å²) in [5.74, 6) is -0.463. The van der Waals surface area contributed by atoms with Gasteiger partial charge in [0, 0.05) is 18.6 Å². The van der Waals surface area contributed by atoms with Crippen LogP contribution in [0.1, 0.15) is 35.8 Å². The Morgan fingerprint density at radius 3 is 2.53 bits per heavy atom. The normalized spacial score (nSPS) is 10.8. The third kappa shape index (κ3) is 2.18. The molecule has 0 bridgehead atoms. The first-order chi connectivity index (χ1) is 8.09. The van der Waals surface area contributed by atoms with E-state index < -0.39 is 5.97 Å². The van der Waals surface area contributed by atoms with Gasteiger partial charge in [0.15, 0.2) is 0 Å². The smallest absolute Gasteiger partial charge is 0.339 e. The summed E-state index contributed by atoms with van der Waals surface area (Å²) in [5.41, 5.74) is 0.715. The van der Waals surface area contributed by atoms with Crippen LogP contribution in [-0.4, -0.2) is 25.6 Å². The summed E-state index contributed by atoms with van der Waals surface area (Å²) in [7, 11) is 0. The van der Waals surface area contributed by atoms with Crippen molar-refractivity contribution in [1.82, 2.24) is 14.5 Å². The van der Waals surface area contributed by atoms with E-state index in [1.54, 1.807) is 4.57 Å². The Balaban J connectivity index is 2.53. The topological polar surface area (TPSA) is 68.0 Å². The van der Waals surface area contributed by atoms with Gasteiger partial charge in [-0.05, 0) is 18.1 Å². The molecule has 0 radical (unpaired) electrons. The third-order valence-corrected chi connectivity index (χ3v) is 2.42. The maximum atomic E-state index is 11.0. The van der Waals surface area contributed by atoms with Crippen LogP contribution in [0.3, 0.4) is 0 Å². The highest BCUT2D eigenvalue weighted by Gasteiger charge is 2.16. The molecule has 0 aliphatic rings. The van der Waals surface area contributed by atoms with Crippen molar-refractivity contribution in [3.63, 3.8) is 0 Å². The minimum atomic E-state index is -0.993. The number of carbonyl (C=O) groups is 1. The lowest BCUT2D eigenvalue weighted by Gasteiger charge is -2.10. The monoisotopic (exact) mass is 231 g/mol. The number of hydrogen-bond acceptors (Lipinski definition) is 3. The van der Waals surface area contributed by atoms with Crippen LogP contribution in [0.4, 0.5) is 0 Å². The highest BCUT2D eigenvalue weighted by atomic mass is 16.4. The van der Waals surface area contributed by atoms with Crippen LogP contribution in [-0.2, 0) is 0 Å². The van der Waals surface area contributed by atoms with Crippen molar-refractivity contribution in [2.75, 3.05) is 0 Å². The van der Waals surface area contributed by atoms with E-state index in [0.29, 0.717) is 11.6 Å². The van der Waals surface area contributed by atoms with Gasteiger partial charge in [-0.15, -0.1) is 0 Å². The Hall–Kier alpha value is -2.17. The first-order valence-electron chi connectivity index (χ1n) is 5.33. The van der Waals surface area contributed by atoms with E-state index in [2.05, 4.69) is 9.97 Å². The minimum absolute atomic E-state index is 0.0402. The second-order valence-corrected chi connectivity index (χ2v) is 4.02. The zero-order valence-corrected chi connectivity index (χ0v) is 9.66. The largest absolute Gasteiger partial charge is 0.478 e. The summed E-state index contributed by atoms with van der Waals surface area (Å²) in [5, 5.41) is 9.05. The van der Waals surface area contributed by atoms with Gasteiger partial charge in [-0.3, -0.25) is 4.57 Å². The Labute approximate surface area is 98.8 Å². The predicted octanol–water partition coefficient (Wildman–Crippen LogP) is 2.09. The minimum Gasteiger partial charge on any atom is -0.478 e. The van der Waals surface area contributed by atoms with Gasteiger partial charge in [-0.1, -0.05) is 13.8 Å². The van der Waals surface area contributed by atoms with Gasteiger partial charge in [-0.2, -0.15) is 0 Å². The molecule has 0 spiro atoms. The molecule has 5 heteroatoms. The third-order valence-electron chi connectivity index (χ3n) is 2.42. The number of carboxylic acids is 1. The number of nitrogens with zero attached hydrogens (tertiary/aromatic N) is 3. The fourth-order valence-corrected chi connectivity index (χ4v) is 1.58. The summed E-state index contributed by atoms with van der Waals surface area (Å²) in [4.78, 5) is 19.4. The fraction of sp³-hybridized carbons (Fsp3) is 0.250. The van der Waals surface area contributed by atoms with Gasteiger partial charge in [0.1, 0.15) is 0 Å². The fourth-order valence-electron chi connectivity index (χ4n) is 1.58. The number of hydrogen-bond donors (Lipinski definition) is 1. The molecule has 2 aromatic heterocycles. The van der Waals surface area contributed by atoms with E-state index in [0.717, 1.165) is 0 Å². The van der Waals surface area contributed by atoms with Gasteiger partial charge in [0.25, 0.3) is 0 Å². The highest BCUT2D eigenvalue weighted by Crippen LogP contribution is 2.17. The molecular formula is C12H13N3O2. The Kier molecular flexibility index (Phi) is 2.91. The van der Waals surface area contributed by atoms with Crippen LogP contribution >= 0.6 is 0 Å². The maximum absolute atomic E-state index is 11.0. The van der Waals surface area contributed by atoms with Gasteiger partial charge < -0.3 is 5.11 Å². The number of carboxylic acid groups (broad SMARTS) is 1. The molecule has 88 valence electrons. The van der Waals surface area contributed by atoms with E-state index in [4.69, 9.17) is 5.11 Å². The van der Waals surface area contributed by atoms with Crippen LogP contribution in [0.2, 0.25) is 0 Å². The lowest BCUT2D eigenvalue weighted by atomic mass is 10.1. The van der Waals surface area contributed by atoms with Gasteiger partial charge in [-0.25, -0.2) is 14.8 Å². The molecule has 0 saturated heterocycles. The van der Waals surface area contributed by atoms with Gasteiger partial charge >= 0.3 is 5.97 Å². The first kappa shape index (κ1) is 11.3. The van der Waals surface area contributed by atoms with E-state index >= 15 is 0 Å². The van der Waals surface area contributed by atoms with Gasteiger partial charge in [0.05, 0.1) is 11.3 Å². The molecule has 0 saturated carbocycles. The van der Waals surface area contributed by atoms with Crippen LogP contribution in [0.5, 0.6) is 0 Å². The highest BCUT2D eigenvalue weighted by molar-refractivity contribution is 5.88. The van der Waals surface area contributed by atoms with E-state index in [1.165, 1.54) is 6.20 Å². The van der Waals surface area contributed by atoms with Crippen molar-refractivity contribution in [2.45, 2.75) is 19.8 Å². The molecular weight excluding hydrogens is 218 g/mol. The summed E-state index contributed by atoms with van der Waals surface area (Å²) in [6.45, 7) is 3.82. The van der Waals surface area contributed by atoms with Crippen molar-refractivity contribution in [3.05, 3.63) is 42.0 Å². The lowest BCUT2D eigenvalue weighted by molar-refractivity contribution is 0.0694. The molecule has 0 aliphatic heterocycles. The molecule has 17 heavy (non-hydrogen) atoms. The number of rotatable bonds is 3. The Morgan fingerprint density at radius 1 is 1.35 bits per heavy atom. The van der Waals surface area contributed by atoms with Crippen molar-refractivity contribution < 1.29 is 9.90 Å². The van der Waals surface area contributed by atoms with E-state index in [-0.39, 0.29) is 11.5 Å². The zero-order valence-electron chi connectivity index (χ0n) is 9.66. The quantitative estimate of drug-likeness (QED) is 0.878. The van der Waals surface area contributed by atoms with Crippen LogP contribution in [0, 0.1) is 0 Å². The molecule has 0 amide bonds. The first-order valence-corrected chi connectivity index (χ1v) is 5.33. The standard InChI is InChI=1S/C12H13N3O2/c1-8(2)10-9(11(16)17)7-13-12(14-10)15-5-3-4-6-15/h3-8H,1-2H3,(H,16,17). The zero-order chi connectivity index (χ0) is 12.4. The predicted molar refractivity (Wildman–Crippen MR) is 62.4 cm³/mol. The van der Waals surface area contributed by atoms with E-state index in [1.807, 2.05) is 38.4 Å². The summed E-state index contributed by atoms with van der Waals surface area (Å²) in [6, 6.07) is 3.73. The summed E-state index contributed by atoms with van der Waals surface area (Å²) >= 11 is 0. The lowest BCUT2D eigenvalue weighted by Crippen LogP contribution is -2.11. The SMILES string of the molecule is CC(C)c1nc(-n2cccc2)ncc1C(=O)O. The molecule has 2 heterocycles. The average Bonchev–Trinajstić information content (AvgIpc) is 2.81. The van der Waals surface area contributed by atoms with E-state index in [9.17, 15) is 4.79 Å². The van der Waals surface area contributed by atoms with Crippen molar-refractivity contribution in [1.29, 1.82) is 0 Å². The maximum Gasteiger partial charge on any atom is 0.339 e. The molecule has 0 aromatic carbocycles. The summed E-state index contributed by atoms with van der Waals surface area (Å²) in [6.07, 6.45) is 5.00. The average molecular weight is 231 g/mol. The Morgan fingerprint density at radius 2 is 2.00 bits per heavy atom. The number of aromatic nitrogens is 3. The molecule has 0 atom stereocenters. The molecule has 5 nitrogen and oxygen atoms in total. The molecule has 2 aromatic rings. The molecule has 1 N–H and O–H groups in total. The molecule has 2 rings (SSSR count). The van der Waals surface area contributed by atoms with Crippen LogP contribution in [0.15, 0.2) is 30.7 Å². The second kappa shape index (κ2) is 4.37. The van der Waals surface area contributed by atoms with Crippen LogP contribution in [0.25, 0.3) is 5.95 Å². The van der Waals surface area contributed by atoms with Crippen molar-refractivity contribution in [2.24, 2.45) is 0 Å². The Bertz CT molecular complexity index is 533. The molecule has 0 unspecified atom stereocenters. The molecule has 0 aliphatic carbocycles. The van der Waals surface area contributed by atoms with Crippen LogP contribution < -0.4 is 0 Å². The van der Waals surface area contributed by atoms with Crippen molar-refractivity contribution >= 4 is 5.97 Å².